The molecular formula is C8H6N2O4. The summed E-state index contributed by atoms with van der Waals surface area (Å²) >= 11 is 0. The van der Waals surface area contributed by atoms with Crippen molar-refractivity contribution in [2.24, 2.45) is 0 Å². The lowest BCUT2D eigenvalue weighted by Crippen LogP contribution is -1.94. The summed E-state index contributed by atoms with van der Waals surface area (Å²) in [5.74, 6) is 0.236. The van der Waals surface area contributed by atoms with Crippen LogP contribution in [0.3, 0.4) is 0 Å². The number of hydrogen-bond acceptors (Lipinski definition) is 5. The lowest BCUT2D eigenvalue weighted by Gasteiger charge is -2.01. The van der Waals surface area contributed by atoms with Crippen LogP contribution in [0.25, 0.3) is 0 Å². The molecule has 0 aliphatic heterocycles. The Morgan fingerprint density at radius 2 is 2.29 bits per heavy atom. The Morgan fingerprint density at radius 1 is 1.57 bits per heavy atom. The van der Waals surface area contributed by atoms with E-state index < -0.39 is 4.92 Å². The van der Waals surface area contributed by atoms with Gasteiger partial charge in [-0.15, -0.1) is 5.26 Å². The van der Waals surface area contributed by atoms with Crippen molar-refractivity contribution in [3.05, 3.63) is 28.3 Å². The van der Waals surface area contributed by atoms with E-state index in [1.165, 1.54) is 31.6 Å². The molecule has 1 rings (SSSR count). The van der Waals surface area contributed by atoms with Crippen LogP contribution in [0.15, 0.2) is 18.2 Å². The Balaban J connectivity index is 3.18. The van der Waals surface area contributed by atoms with Gasteiger partial charge in [-0.05, 0) is 12.1 Å². The topological polar surface area (TPSA) is 85.4 Å². The summed E-state index contributed by atoms with van der Waals surface area (Å²) in [6.07, 6.45) is 1.37. The minimum Gasteiger partial charge on any atom is -0.496 e. The van der Waals surface area contributed by atoms with Gasteiger partial charge in [-0.25, -0.2) is 0 Å². The molecule has 0 unspecified atom stereocenters. The maximum atomic E-state index is 10.5. The highest BCUT2D eigenvalue weighted by atomic mass is 16.6. The number of nitriles is 1. The van der Waals surface area contributed by atoms with Gasteiger partial charge >= 0.3 is 5.69 Å². The van der Waals surface area contributed by atoms with Crippen molar-refractivity contribution >= 4 is 5.69 Å². The second-order valence-electron chi connectivity index (χ2n) is 2.28. The largest absolute Gasteiger partial charge is 0.496 e. The fraction of sp³-hybridized carbons (Fsp3) is 0.125. The summed E-state index contributed by atoms with van der Waals surface area (Å²) < 4.78 is 9.20. The molecule has 0 heterocycles. The molecule has 0 radical (unpaired) electrons. The summed E-state index contributed by atoms with van der Waals surface area (Å²) in [4.78, 5) is 9.88. The number of nitrogens with zero attached hydrogens (tertiary/aromatic N) is 2. The van der Waals surface area contributed by atoms with Gasteiger partial charge in [0.1, 0.15) is 5.75 Å². The molecule has 0 fully saturated rings. The van der Waals surface area contributed by atoms with Gasteiger partial charge in [-0.3, -0.25) is 10.1 Å². The monoisotopic (exact) mass is 194 g/mol. The van der Waals surface area contributed by atoms with Gasteiger partial charge in [0.05, 0.1) is 18.1 Å². The molecule has 0 N–H and O–H groups in total. The lowest BCUT2D eigenvalue weighted by atomic mass is 10.3. The quantitative estimate of drug-likeness (QED) is 0.413. The number of benzene rings is 1. The fourth-order valence-electron chi connectivity index (χ4n) is 0.902. The van der Waals surface area contributed by atoms with Crippen molar-refractivity contribution in [3.63, 3.8) is 0 Å². The Hall–Kier alpha value is -2.29. The van der Waals surface area contributed by atoms with E-state index in [0.717, 1.165) is 0 Å². The molecule has 0 aliphatic carbocycles. The molecule has 0 amide bonds. The molecule has 6 nitrogen and oxygen atoms in total. The average molecular weight is 194 g/mol. The Bertz CT molecular complexity index is 397. The minimum atomic E-state index is -0.644. The summed E-state index contributed by atoms with van der Waals surface area (Å²) in [6.45, 7) is 0. The van der Waals surface area contributed by atoms with Crippen molar-refractivity contribution in [2.75, 3.05) is 7.11 Å². The Kier molecular flexibility index (Phi) is 2.86. The third-order valence-electron chi connectivity index (χ3n) is 1.52. The van der Waals surface area contributed by atoms with E-state index in [4.69, 9.17) is 10.00 Å². The highest BCUT2D eigenvalue weighted by molar-refractivity contribution is 5.51. The van der Waals surface area contributed by atoms with Crippen LogP contribution >= 0.6 is 0 Å². The molecule has 0 spiro atoms. The maximum absolute atomic E-state index is 10.5. The molecule has 72 valence electrons. The predicted molar refractivity (Wildman–Crippen MR) is 45.9 cm³/mol. The van der Waals surface area contributed by atoms with E-state index in [2.05, 4.69) is 4.74 Å². The standard InChI is InChI=1S/C8H6N2O4/c1-13-6-2-3-8(14-5-9)7(4-6)10(11)12/h2-4H,1H3. The molecule has 0 bridgehead atoms. The highest BCUT2D eigenvalue weighted by Gasteiger charge is 2.16. The first kappa shape index (κ1) is 9.80. The van der Waals surface area contributed by atoms with Crippen LogP contribution in [0.5, 0.6) is 11.5 Å². The summed E-state index contributed by atoms with van der Waals surface area (Å²) in [5, 5.41) is 18.8. The normalized spacial score (nSPS) is 8.86. The molecule has 0 atom stereocenters. The van der Waals surface area contributed by atoms with E-state index in [1.54, 1.807) is 0 Å². The molecule has 0 saturated heterocycles. The maximum Gasteiger partial charge on any atom is 0.316 e. The van der Waals surface area contributed by atoms with E-state index in [-0.39, 0.29) is 11.4 Å². The number of rotatable bonds is 3. The smallest absolute Gasteiger partial charge is 0.316 e. The number of hydrogen-bond donors (Lipinski definition) is 0. The van der Waals surface area contributed by atoms with Gasteiger partial charge < -0.3 is 9.47 Å². The van der Waals surface area contributed by atoms with Gasteiger partial charge in [0.25, 0.3) is 6.26 Å². The van der Waals surface area contributed by atoms with E-state index >= 15 is 0 Å². The third-order valence-corrected chi connectivity index (χ3v) is 1.52. The summed E-state index contributed by atoms with van der Waals surface area (Å²) in [5.41, 5.74) is -0.300. The molecular weight excluding hydrogens is 188 g/mol. The third kappa shape index (κ3) is 1.90. The summed E-state index contributed by atoms with van der Waals surface area (Å²) in [7, 11) is 1.39. The van der Waals surface area contributed by atoms with Crippen LogP contribution in [0.2, 0.25) is 0 Å². The second kappa shape index (κ2) is 4.09. The zero-order valence-corrected chi connectivity index (χ0v) is 7.26. The van der Waals surface area contributed by atoms with E-state index in [1.807, 2.05) is 0 Å². The molecule has 0 aliphatic rings. The molecule has 14 heavy (non-hydrogen) atoms. The Morgan fingerprint density at radius 3 is 2.79 bits per heavy atom. The van der Waals surface area contributed by atoms with E-state index in [9.17, 15) is 10.1 Å². The van der Waals surface area contributed by atoms with Crippen LogP contribution in [-0.4, -0.2) is 12.0 Å². The number of methoxy groups -OCH3 is 1. The van der Waals surface area contributed by atoms with Gasteiger partial charge in [0, 0.05) is 0 Å². The van der Waals surface area contributed by atoms with Crippen molar-refractivity contribution in [1.82, 2.24) is 0 Å². The zero-order chi connectivity index (χ0) is 10.6. The van der Waals surface area contributed by atoms with Crippen LogP contribution in [0, 0.1) is 21.6 Å². The molecule has 1 aromatic rings. The second-order valence-corrected chi connectivity index (χ2v) is 2.28. The highest BCUT2D eigenvalue weighted by Crippen LogP contribution is 2.30. The molecule has 0 aromatic heterocycles. The van der Waals surface area contributed by atoms with Gasteiger partial charge in [-0.1, -0.05) is 0 Å². The van der Waals surface area contributed by atoms with Crippen LogP contribution in [0.1, 0.15) is 0 Å². The minimum absolute atomic E-state index is 0.0988. The summed E-state index contributed by atoms with van der Waals surface area (Å²) in [6, 6.07) is 3.96. The van der Waals surface area contributed by atoms with E-state index in [0.29, 0.717) is 5.75 Å². The van der Waals surface area contributed by atoms with Crippen molar-refractivity contribution in [3.8, 4) is 17.8 Å². The SMILES string of the molecule is COc1ccc(OC#N)c([N+](=O)[O-])c1. The number of nitro groups is 1. The van der Waals surface area contributed by atoms with Crippen molar-refractivity contribution in [2.45, 2.75) is 0 Å². The lowest BCUT2D eigenvalue weighted by molar-refractivity contribution is -0.385. The molecule has 1 aromatic carbocycles. The van der Waals surface area contributed by atoms with Crippen molar-refractivity contribution < 1.29 is 14.4 Å². The van der Waals surface area contributed by atoms with Gasteiger partial charge in [0.2, 0.25) is 5.75 Å². The first-order valence-corrected chi connectivity index (χ1v) is 3.57. The average Bonchev–Trinajstić information content (AvgIpc) is 2.18. The van der Waals surface area contributed by atoms with Gasteiger partial charge in [-0.2, -0.15) is 0 Å². The van der Waals surface area contributed by atoms with Crippen LogP contribution in [-0.2, 0) is 0 Å². The molecule has 6 heteroatoms. The number of nitro benzene ring substituents is 1. The number of ether oxygens (including phenoxy) is 2. The zero-order valence-electron chi connectivity index (χ0n) is 7.26. The van der Waals surface area contributed by atoms with Gasteiger partial charge in [0.15, 0.2) is 0 Å². The fourth-order valence-corrected chi connectivity index (χ4v) is 0.902. The van der Waals surface area contributed by atoms with Crippen molar-refractivity contribution in [1.29, 1.82) is 5.26 Å². The molecule has 0 saturated carbocycles. The Labute approximate surface area is 79.4 Å². The predicted octanol–water partition coefficient (Wildman–Crippen LogP) is 1.46. The first-order chi connectivity index (χ1) is 6.69. The van der Waals surface area contributed by atoms with Crippen LogP contribution in [0.4, 0.5) is 5.69 Å². The first-order valence-electron chi connectivity index (χ1n) is 3.57. The van der Waals surface area contributed by atoms with Crippen LogP contribution < -0.4 is 9.47 Å².